The molecular formula is C78H103N11O14S. The van der Waals surface area contributed by atoms with Crippen molar-refractivity contribution in [2.45, 2.75) is 194 Å². The number of fused-ring (bicyclic) bond motifs is 3. The van der Waals surface area contributed by atoms with Crippen molar-refractivity contribution < 1.29 is 67.3 Å². The van der Waals surface area contributed by atoms with Crippen molar-refractivity contribution in [2.75, 3.05) is 43.9 Å². The number of likely N-dealkylation sites (N-methyl/N-ethyl adjacent to an activating group) is 1. The fourth-order valence-electron chi connectivity index (χ4n) is 13.1. The van der Waals surface area contributed by atoms with E-state index in [1.165, 1.54) is 6.92 Å². The van der Waals surface area contributed by atoms with Gasteiger partial charge in [0.15, 0.2) is 6.10 Å². The number of hydrogen-bond donors (Lipinski definition) is 9. The second kappa shape index (κ2) is 39.1. The number of ether oxygens (including phenoxy) is 3. The molecule has 0 saturated carbocycles. The SMILES string of the molecule is C#CCCCCN(C(=O)[C@@H](NC(=O)[C@H]1CCCCN1C)[C@@H](C)CC)[C@H](C[C@@H](OC(C)=O)c1nc(C(=O)N[C@@H](Cc2ccc(NC(=O)OCc3ccc(NC(=O)[C@H](CCCNC(N)=O)NC(=O)[C@@H](NC(=O)OCC4c5ccccc5-c5ccccc54)C(C)C)cc3)cc2)CC(C)(C)C(=O)O)cs1)C(C)C. The van der Waals surface area contributed by atoms with E-state index < -0.39 is 95.5 Å². The Hall–Kier alpha value is -9.87. The summed E-state index contributed by atoms with van der Waals surface area (Å²) < 4.78 is 17.2. The number of nitrogens with one attached hydrogen (secondary N) is 7. The maximum Gasteiger partial charge on any atom is 0.411 e. The lowest BCUT2D eigenvalue weighted by atomic mass is 9.84. The molecule has 0 radical (unpaired) electrons. The molecule has 10 N–H and O–H groups in total. The van der Waals surface area contributed by atoms with Crippen LogP contribution >= 0.6 is 11.3 Å². The maximum atomic E-state index is 15.1. The van der Waals surface area contributed by atoms with Crippen LogP contribution in [0.15, 0.2) is 102 Å². The van der Waals surface area contributed by atoms with Crippen LogP contribution in [-0.2, 0) is 56.0 Å². The van der Waals surface area contributed by atoms with Gasteiger partial charge in [-0.25, -0.2) is 19.4 Å². The topological polar surface area (TPSA) is 348 Å². The van der Waals surface area contributed by atoms with Gasteiger partial charge in [-0.2, -0.15) is 0 Å². The molecule has 8 atom stereocenters. The second-order valence-electron chi connectivity index (χ2n) is 28.3. The van der Waals surface area contributed by atoms with Gasteiger partial charge in [-0.1, -0.05) is 127 Å². The molecule has 560 valence electrons. The van der Waals surface area contributed by atoms with Crippen LogP contribution in [0.1, 0.15) is 183 Å². The van der Waals surface area contributed by atoms with Gasteiger partial charge in [0.25, 0.3) is 5.91 Å². The number of primary amides is 1. The number of rotatable bonds is 37. The zero-order valence-electron chi connectivity index (χ0n) is 61.3. The third-order valence-corrected chi connectivity index (χ3v) is 20.1. The number of thiazole rings is 1. The first-order chi connectivity index (χ1) is 49.6. The number of unbranched alkanes of at least 4 members (excludes halogenated alkanes) is 2. The predicted octanol–water partition coefficient (Wildman–Crippen LogP) is 10.8. The smallest absolute Gasteiger partial charge is 0.411 e. The number of piperidine rings is 1. The lowest BCUT2D eigenvalue weighted by Crippen LogP contribution is -2.59. The van der Waals surface area contributed by atoms with E-state index in [0.29, 0.717) is 66.2 Å². The number of carbonyl (C=O) groups is 10. The minimum absolute atomic E-state index is 0.00795. The van der Waals surface area contributed by atoms with E-state index in [-0.39, 0.29) is 93.2 Å². The Morgan fingerprint density at radius 3 is 2.01 bits per heavy atom. The van der Waals surface area contributed by atoms with Crippen molar-refractivity contribution in [3.05, 3.63) is 135 Å². The van der Waals surface area contributed by atoms with Crippen LogP contribution < -0.4 is 43.0 Å². The van der Waals surface area contributed by atoms with Crippen molar-refractivity contribution in [1.82, 2.24) is 41.4 Å². The van der Waals surface area contributed by atoms with Gasteiger partial charge < -0.3 is 61.9 Å². The molecule has 1 saturated heterocycles. The quantitative estimate of drug-likeness (QED) is 0.00772. The number of alkyl carbamates (subject to hydrolysis) is 1. The molecule has 1 aliphatic heterocycles. The molecular weight excluding hydrogens is 1350 g/mol. The molecule has 1 fully saturated rings. The first-order valence-electron chi connectivity index (χ1n) is 35.9. The fraction of sp³-hybridized carbons (Fsp3) is 0.500. The standard InChI is InChI=1S/C78H103N11O14S/c1-12-14-15-21-40-89(73(95)67(49(7)13-2)86-70(93)63-29-20-22-39-88(63)11)64(47(3)4)42-65(103-50(8)90)72-85-62(46-104-72)69(92)82-55(43-78(9,10)74(96)97)41-51-30-34-54(35-31-51)83-76(99)101-44-52-32-36-53(37-33-52)81-68(91)61(28-23-38-80-75(79)98)84-71(94)66(48(5)6)87-77(100)102-45-60-58-26-18-16-24-56(58)57-25-17-19-27-59(57)60/h1,16-19,24-27,30-37,46-49,55,60-61,63-67H,13-15,20-23,28-29,38-45H2,2-11H3,(H,81,91)(H,82,92)(H,83,99)(H,84,94)(H,86,93)(H,87,100)(H,96,97)(H3,79,80,98)/t49-,55-,61-,63+,64+,65+,66-,67-/m0/s1. The Bertz CT molecular complexity index is 3770. The molecule has 2 aliphatic rings. The number of carboxylic acid groups (broad SMARTS) is 1. The van der Waals surface area contributed by atoms with Gasteiger partial charge >= 0.3 is 30.2 Å². The van der Waals surface area contributed by atoms with E-state index in [1.54, 1.807) is 86.5 Å². The highest BCUT2D eigenvalue weighted by Gasteiger charge is 2.40. The van der Waals surface area contributed by atoms with Crippen LogP contribution in [0.2, 0.25) is 0 Å². The summed E-state index contributed by atoms with van der Waals surface area (Å²) in [4.78, 5) is 143. The van der Waals surface area contributed by atoms with Crippen molar-refractivity contribution in [2.24, 2.45) is 28.9 Å². The summed E-state index contributed by atoms with van der Waals surface area (Å²) in [5, 5.41) is 31.7. The third-order valence-electron chi connectivity index (χ3n) is 19.2. The van der Waals surface area contributed by atoms with Crippen LogP contribution in [-0.4, -0.2) is 149 Å². The lowest BCUT2D eigenvalue weighted by Gasteiger charge is -2.40. The Balaban J connectivity index is 0.949. The van der Waals surface area contributed by atoms with E-state index in [1.807, 2.05) is 88.2 Å². The largest absolute Gasteiger partial charge is 0.481 e. The molecule has 1 aliphatic carbocycles. The molecule has 5 aromatic rings. The summed E-state index contributed by atoms with van der Waals surface area (Å²) in [6, 6.07) is 23.7. The maximum absolute atomic E-state index is 15.1. The summed E-state index contributed by atoms with van der Waals surface area (Å²) >= 11 is 1.11. The number of anilines is 2. The Morgan fingerprint density at radius 1 is 0.769 bits per heavy atom. The molecule has 104 heavy (non-hydrogen) atoms. The molecule has 25 nitrogen and oxygen atoms in total. The van der Waals surface area contributed by atoms with E-state index in [2.05, 4.69) is 43.1 Å². The fourth-order valence-corrected chi connectivity index (χ4v) is 13.9. The zero-order valence-corrected chi connectivity index (χ0v) is 62.2. The van der Waals surface area contributed by atoms with Gasteiger partial charge in [0, 0.05) is 67.6 Å². The molecule has 26 heteroatoms. The summed E-state index contributed by atoms with van der Waals surface area (Å²) in [5.74, 6) is -2.23. The highest BCUT2D eigenvalue weighted by atomic mass is 32.1. The van der Waals surface area contributed by atoms with Crippen molar-refractivity contribution in [3.8, 4) is 23.5 Å². The van der Waals surface area contributed by atoms with Crippen LogP contribution in [0.4, 0.5) is 25.8 Å². The zero-order chi connectivity index (χ0) is 75.8. The summed E-state index contributed by atoms with van der Waals surface area (Å²) in [7, 11) is 1.92. The molecule has 0 unspecified atom stereocenters. The monoisotopic (exact) mass is 1450 g/mol. The number of terminal acetylenes is 1. The number of nitrogens with zero attached hydrogens (tertiary/aromatic N) is 3. The molecule has 2 heterocycles. The van der Waals surface area contributed by atoms with E-state index >= 15 is 4.79 Å². The Morgan fingerprint density at radius 2 is 1.41 bits per heavy atom. The molecule has 0 bridgehead atoms. The van der Waals surface area contributed by atoms with Crippen LogP contribution in [0.5, 0.6) is 0 Å². The molecule has 1 aromatic heterocycles. The number of benzene rings is 4. The average molecular weight is 1450 g/mol. The van der Waals surface area contributed by atoms with Gasteiger partial charge in [-0.3, -0.25) is 43.8 Å². The van der Waals surface area contributed by atoms with E-state index in [4.69, 9.17) is 31.4 Å². The number of aliphatic carboxylic acids is 1. The number of hydrogen-bond acceptors (Lipinski definition) is 16. The lowest BCUT2D eigenvalue weighted by molar-refractivity contribution is -0.150. The Labute approximate surface area is 614 Å². The molecule has 4 aromatic carbocycles. The third kappa shape index (κ3) is 23.6. The number of likely N-dealkylation sites (tertiary alicyclic amines) is 1. The minimum atomic E-state index is -1.28. The first-order valence-corrected chi connectivity index (χ1v) is 36.7. The molecule has 7 rings (SSSR count). The summed E-state index contributed by atoms with van der Waals surface area (Å²) in [5.41, 5.74) is 10.2. The van der Waals surface area contributed by atoms with Gasteiger partial charge in [0.1, 0.15) is 42.0 Å². The van der Waals surface area contributed by atoms with Gasteiger partial charge in [0.2, 0.25) is 23.6 Å². The average Bonchev–Trinajstić information content (AvgIpc) is 1.61. The van der Waals surface area contributed by atoms with Gasteiger partial charge in [0.05, 0.1) is 11.5 Å². The first kappa shape index (κ1) is 81.4. The number of esters is 1. The van der Waals surface area contributed by atoms with Crippen LogP contribution in [0.25, 0.3) is 11.1 Å². The summed E-state index contributed by atoms with van der Waals surface area (Å²) in [6.07, 6.45) is 8.71. The molecule has 9 amide bonds. The predicted molar refractivity (Wildman–Crippen MR) is 398 cm³/mol. The van der Waals surface area contributed by atoms with Crippen LogP contribution in [0, 0.1) is 35.5 Å². The molecule has 0 spiro atoms. The minimum Gasteiger partial charge on any atom is -0.481 e. The van der Waals surface area contributed by atoms with E-state index in [9.17, 15) is 48.3 Å². The highest BCUT2D eigenvalue weighted by molar-refractivity contribution is 7.09. The number of carboxylic acids is 1. The van der Waals surface area contributed by atoms with Crippen LogP contribution in [0.3, 0.4) is 0 Å². The number of nitrogens with two attached hydrogens (primary N) is 1. The van der Waals surface area contributed by atoms with Crippen molar-refractivity contribution in [1.29, 1.82) is 0 Å². The number of amides is 9. The van der Waals surface area contributed by atoms with E-state index in [0.717, 1.165) is 53.0 Å². The summed E-state index contributed by atoms with van der Waals surface area (Å²) in [6.45, 7) is 16.9. The highest BCUT2D eigenvalue weighted by Crippen LogP contribution is 2.45. The van der Waals surface area contributed by atoms with Gasteiger partial charge in [-0.15, -0.1) is 23.7 Å². The second-order valence-corrected chi connectivity index (χ2v) is 29.2. The number of carbonyl (C=O) groups excluding carboxylic acids is 9. The van der Waals surface area contributed by atoms with Crippen molar-refractivity contribution >= 4 is 82.4 Å². The normalized spacial score (nSPS) is 15.5. The Kier molecular flexibility index (Phi) is 30.6. The number of urea groups is 1. The van der Waals surface area contributed by atoms with Crippen molar-refractivity contribution in [3.63, 3.8) is 0 Å². The van der Waals surface area contributed by atoms with Gasteiger partial charge in [-0.05, 0) is 154 Å². The number of aromatic nitrogens is 1.